The molecule has 1 saturated heterocycles. The fraction of sp³-hybridized carbons (Fsp3) is 0.769. The second-order valence-electron chi connectivity index (χ2n) is 5.22. The van der Waals surface area contributed by atoms with E-state index in [1.165, 1.54) is 19.3 Å². The normalized spacial score (nSPS) is 17.1. The zero-order valence-corrected chi connectivity index (χ0v) is 13.7. The maximum atomic E-state index is 6.01. The zero-order valence-electron chi connectivity index (χ0n) is 12.1. The van der Waals surface area contributed by atoms with Gasteiger partial charge in [-0.15, -0.1) is 0 Å². The predicted octanol–water partition coefficient (Wildman–Crippen LogP) is 2.93. The van der Waals surface area contributed by atoms with E-state index < -0.39 is 0 Å². The molecule has 0 bridgehead atoms. The molecule has 1 aliphatic heterocycles. The first-order chi connectivity index (χ1) is 9.69. The highest BCUT2D eigenvalue weighted by atomic mass is 35.5. The number of hydrogen-bond acceptors (Lipinski definition) is 6. The Bertz CT molecular complexity index is 425. The van der Waals surface area contributed by atoms with E-state index in [0.29, 0.717) is 17.8 Å². The minimum Gasteiger partial charge on any atom is -0.354 e. The summed E-state index contributed by atoms with van der Waals surface area (Å²) in [6.07, 6.45) is 5.78. The van der Waals surface area contributed by atoms with Gasteiger partial charge >= 0.3 is 0 Å². The first-order valence-corrected chi connectivity index (χ1v) is 8.85. The third-order valence-corrected chi connectivity index (χ3v) is 4.37. The van der Waals surface area contributed by atoms with Crippen LogP contribution in [0.25, 0.3) is 0 Å². The van der Waals surface area contributed by atoms with E-state index in [4.69, 9.17) is 11.6 Å². The third-order valence-electron chi connectivity index (χ3n) is 3.30. The fourth-order valence-corrected chi connectivity index (χ4v) is 3.11. The summed E-state index contributed by atoms with van der Waals surface area (Å²) in [6, 6.07) is 0. The van der Waals surface area contributed by atoms with Crippen LogP contribution in [0.4, 0.5) is 11.9 Å². The lowest BCUT2D eigenvalue weighted by molar-refractivity contribution is 0.567. The number of hydrogen-bond donors (Lipinski definition) is 1. The van der Waals surface area contributed by atoms with Gasteiger partial charge in [-0.05, 0) is 48.8 Å². The van der Waals surface area contributed by atoms with Gasteiger partial charge in [0, 0.05) is 19.6 Å². The largest absolute Gasteiger partial charge is 0.354 e. The van der Waals surface area contributed by atoms with Crippen molar-refractivity contribution in [3.05, 3.63) is 5.28 Å². The number of anilines is 2. The lowest BCUT2D eigenvalue weighted by atomic mass is 10.1. The summed E-state index contributed by atoms with van der Waals surface area (Å²) in [5.41, 5.74) is 0. The van der Waals surface area contributed by atoms with Crippen LogP contribution in [0, 0.1) is 5.92 Å². The van der Waals surface area contributed by atoms with Gasteiger partial charge in [-0.1, -0.05) is 6.92 Å². The number of halogens is 1. The SMILES string of the molecule is CSCC(C)CNc1nc(Cl)nc(N2CCCCC2)n1. The molecule has 2 heterocycles. The van der Waals surface area contributed by atoms with Gasteiger partial charge in [0.15, 0.2) is 0 Å². The van der Waals surface area contributed by atoms with E-state index in [0.717, 1.165) is 25.4 Å². The smallest absolute Gasteiger partial charge is 0.231 e. The Kier molecular flexibility index (Phi) is 6.16. The van der Waals surface area contributed by atoms with Crippen molar-refractivity contribution in [3.63, 3.8) is 0 Å². The number of nitrogens with one attached hydrogen (secondary N) is 1. The molecule has 112 valence electrons. The number of nitrogens with zero attached hydrogens (tertiary/aromatic N) is 4. The Balaban J connectivity index is 2.00. The molecule has 0 aliphatic carbocycles. The van der Waals surface area contributed by atoms with E-state index in [1.807, 2.05) is 11.8 Å². The van der Waals surface area contributed by atoms with E-state index in [1.54, 1.807) is 0 Å². The molecule has 1 N–H and O–H groups in total. The van der Waals surface area contributed by atoms with Crippen LogP contribution < -0.4 is 10.2 Å². The van der Waals surface area contributed by atoms with Crippen LogP contribution in [-0.2, 0) is 0 Å². The highest BCUT2D eigenvalue weighted by Gasteiger charge is 2.15. The molecule has 1 aliphatic rings. The van der Waals surface area contributed by atoms with Crippen molar-refractivity contribution in [1.82, 2.24) is 15.0 Å². The lowest BCUT2D eigenvalue weighted by Gasteiger charge is -2.26. The Morgan fingerprint density at radius 1 is 1.25 bits per heavy atom. The van der Waals surface area contributed by atoms with Crippen LogP contribution in [0.15, 0.2) is 0 Å². The summed E-state index contributed by atoms with van der Waals surface area (Å²) in [5, 5.41) is 3.53. The molecule has 0 radical (unpaired) electrons. The van der Waals surface area contributed by atoms with Gasteiger partial charge in [-0.3, -0.25) is 0 Å². The average molecular weight is 316 g/mol. The number of aromatic nitrogens is 3. The van der Waals surface area contributed by atoms with Crippen LogP contribution in [0.5, 0.6) is 0 Å². The van der Waals surface area contributed by atoms with Gasteiger partial charge in [0.1, 0.15) is 0 Å². The summed E-state index contributed by atoms with van der Waals surface area (Å²) in [7, 11) is 0. The molecule has 0 saturated carbocycles. The Morgan fingerprint density at radius 3 is 2.70 bits per heavy atom. The molecule has 1 aromatic heterocycles. The van der Waals surface area contributed by atoms with Crippen LogP contribution in [-0.4, -0.2) is 46.6 Å². The van der Waals surface area contributed by atoms with Crippen LogP contribution >= 0.6 is 23.4 Å². The van der Waals surface area contributed by atoms with Crippen molar-refractivity contribution in [1.29, 1.82) is 0 Å². The van der Waals surface area contributed by atoms with Gasteiger partial charge in [0.05, 0.1) is 0 Å². The molecule has 5 nitrogen and oxygen atoms in total. The Morgan fingerprint density at radius 2 is 2.00 bits per heavy atom. The fourth-order valence-electron chi connectivity index (χ4n) is 2.26. The van der Waals surface area contributed by atoms with E-state index in [-0.39, 0.29) is 5.28 Å². The van der Waals surface area contributed by atoms with Gasteiger partial charge in [-0.25, -0.2) is 0 Å². The van der Waals surface area contributed by atoms with Crippen molar-refractivity contribution in [2.75, 3.05) is 41.9 Å². The quantitative estimate of drug-likeness (QED) is 0.871. The van der Waals surface area contributed by atoms with Crippen molar-refractivity contribution in [2.24, 2.45) is 5.92 Å². The van der Waals surface area contributed by atoms with Crippen molar-refractivity contribution in [2.45, 2.75) is 26.2 Å². The molecule has 1 aromatic rings. The topological polar surface area (TPSA) is 53.9 Å². The molecule has 20 heavy (non-hydrogen) atoms. The third kappa shape index (κ3) is 4.66. The highest BCUT2D eigenvalue weighted by Crippen LogP contribution is 2.18. The number of thioether (sulfide) groups is 1. The molecule has 0 amide bonds. The first-order valence-electron chi connectivity index (χ1n) is 7.08. The molecule has 2 rings (SSSR count). The van der Waals surface area contributed by atoms with Gasteiger partial charge in [0.2, 0.25) is 17.2 Å². The molecular formula is C13H22ClN5S. The molecule has 7 heteroatoms. The molecule has 1 fully saturated rings. The molecule has 0 aromatic carbocycles. The van der Waals surface area contributed by atoms with E-state index in [9.17, 15) is 0 Å². The molecule has 0 spiro atoms. The summed E-state index contributed by atoms with van der Waals surface area (Å²) < 4.78 is 0. The summed E-state index contributed by atoms with van der Waals surface area (Å²) >= 11 is 7.86. The minimum atomic E-state index is 0.264. The van der Waals surface area contributed by atoms with Gasteiger partial charge in [-0.2, -0.15) is 26.7 Å². The number of piperidine rings is 1. The Labute approximate surface area is 129 Å². The maximum absolute atomic E-state index is 6.01. The van der Waals surface area contributed by atoms with Gasteiger partial charge in [0.25, 0.3) is 0 Å². The average Bonchev–Trinajstić information content (AvgIpc) is 2.46. The van der Waals surface area contributed by atoms with Crippen LogP contribution in [0.2, 0.25) is 5.28 Å². The lowest BCUT2D eigenvalue weighted by Crippen LogP contribution is -2.31. The maximum Gasteiger partial charge on any atom is 0.231 e. The summed E-state index contributed by atoms with van der Waals surface area (Å²) in [6.45, 7) is 5.06. The summed E-state index contributed by atoms with van der Waals surface area (Å²) in [5.74, 6) is 2.97. The highest BCUT2D eigenvalue weighted by molar-refractivity contribution is 7.98. The zero-order chi connectivity index (χ0) is 14.4. The van der Waals surface area contributed by atoms with Crippen LogP contribution in [0.1, 0.15) is 26.2 Å². The second kappa shape index (κ2) is 7.88. The second-order valence-corrected chi connectivity index (χ2v) is 6.47. The minimum absolute atomic E-state index is 0.264. The van der Waals surface area contributed by atoms with E-state index in [2.05, 4.69) is 38.3 Å². The van der Waals surface area contributed by atoms with Crippen molar-refractivity contribution in [3.8, 4) is 0 Å². The standard InChI is InChI=1S/C13H22ClN5S/c1-10(9-20-2)8-15-12-16-11(14)17-13(18-12)19-6-4-3-5-7-19/h10H,3-9H2,1-2H3,(H,15,16,17,18). The molecule has 1 unspecified atom stereocenters. The summed E-state index contributed by atoms with van der Waals surface area (Å²) in [4.78, 5) is 15.1. The predicted molar refractivity (Wildman–Crippen MR) is 86.9 cm³/mol. The Hall–Kier alpha value is -0.750. The van der Waals surface area contributed by atoms with E-state index >= 15 is 0 Å². The van der Waals surface area contributed by atoms with Crippen molar-refractivity contribution < 1.29 is 0 Å². The first kappa shape index (κ1) is 15.6. The van der Waals surface area contributed by atoms with Gasteiger partial charge < -0.3 is 10.2 Å². The molecule has 1 atom stereocenters. The van der Waals surface area contributed by atoms with Crippen molar-refractivity contribution >= 4 is 35.3 Å². The van der Waals surface area contributed by atoms with Crippen LogP contribution in [0.3, 0.4) is 0 Å². The molecular weight excluding hydrogens is 294 g/mol. The monoisotopic (exact) mass is 315 g/mol. The number of rotatable bonds is 6.